The maximum atomic E-state index is 8.48. The number of hydrogen-bond acceptors (Lipinski definition) is 8. The smallest absolute Gasteiger partial charge is 0.854 e. The summed E-state index contributed by atoms with van der Waals surface area (Å²) in [6, 6.07) is 0. The van der Waals surface area contributed by atoms with Crippen LogP contribution in [0, 0.1) is 0 Å². The second-order valence-electron chi connectivity index (χ2n) is 1.00. The standard InChI is InChI=1S/CH6N4.2O3P.3Zn/c2-1(3)5-4;2*1-4(2)3;;;/h4H2,(H4,2,3,5);;;;;/q;2*-3;3*+2. The molecule has 0 spiro atoms. The molecule has 0 aromatic rings. The Hall–Kier alpha value is 1.56. The summed E-state index contributed by atoms with van der Waals surface area (Å²) in [4.78, 5) is 50.9. The van der Waals surface area contributed by atoms with Crippen LogP contribution < -0.4 is 46.7 Å². The normalized spacial score (nSPS) is 6.50. The van der Waals surface area contributed by atoms with Gasteiger partial charge in [-0.05, 0) is 0 Å². The quantitative estimate of drug-likeness (QED) is 0.0830. The third kappa shape index (κ3) is 260. The van der Waals surface area contributed by atoms with Gasteiger partial charge in [-0.15, -0.1) is 5.10 Å². The first-order valence-corrected chi connectivity index (χ1v) is 4.35. The zero-order valence-electron chi connectivity index (χ0n) is 8.14. The predicted octanol–water partition coefficient (Wildman–Crippen LogP) is -7.29. The van der Waals surface area contributed by atoms with Crippen LogP contribution in [0.2, 0.25) is 0 Å². The summed E-state index contributed by atoms with van der Waals surface area (Å²) >= 11 is 0. The number of nitrogens with two attached hydrogens (primary N) is 3. The molecule has 82 valence electrons. The Morgan fingerprint density at radius 2 is 0.812 bits per heavy atom. The van der Waals surface area contributed by atoms with Crippen molar-refractivity contribution in [3.8, 4) is 0 Å². The summed E-state index contributed by atoms with van der Waals surface area (Å²) in [5.41, 5.74) is 9.39. The molecule has 15 heteroatoms. The number of hydrazone groups is 1. The molecule has 0 radical (unpaired) electrons. The molecule has 10 nitrogen and oxygen atoms in total. The number of rotatable bonds is 0. The van der Waals surface area contributed by atoms with Crippen molar-refractivity contribution in [2.45, 2.75) is 0 Å². The van der Waals surface area contributed by atoms with Crippen molar-refractivity contribution >= 4 is 23.2 Å². The van der Waals surface area contributed by atoms with Gasteiger partial charge in [-0.3, -0.25) is 0 Å². The Bertz CT molecular complexity index is 115. The minimum absolute atomic E-state index is 0. The van der Waals surface area contributed by atoms with Crippen molar-refractivity contribution in [2.75, 3.05) is 0 Å². The minimum atomic E-state index is -3.37. The second kappa shape index (κ2) is 30.0. The first-order chi connectivity index (χ1) is 5.73. The summed E-state index contributed by atoms with van der Waals surface area (Å²) in [7, 11) is -6.74. The topological polar surface area (TPSA) is 229 Å². The van der Waals surface area contributed by atoms with E-state index in [0.717, 1.165) is 0 Å². The van der Waals surface area contributed by atoms with Crippen molar-refractivity contribution in [1.82, 2.24) is 0 Å². The number of guanidine groups is 1. The van der Waals surface area contributed by atoms with E-state index in [1.807, 2.05) is 0 Å². The fourth-order valence-electron chi connectivity index (χ4n) is 0. The van der Waals surface area contributed by atoms with Crippen molar-refractivity contribution < 1.29 is 87.8 Å². The Balaban J connectivity index is -0.0000000216. The van der Waals surface area contributed by atoms with Gasteiger partial charge in [0.2, 0.25) is 5.96 Å². The Morgan fingerprint density at radius 1 is 0.750 bits per heavy atom. The van der Waals surface area contributed by atoms with E-state index in [1.165, 1.54) is 0 Å². The SMILES string of the molecule is NN=C(N)N.[O-]P([O-])[O-].[O-]P([O-])[O-].[Zn+2].[Zn+2].[Zn+2]. The summed E-state index contributed by atoms with van der Waals surface area (Å²) in [6.45, 7) is 0. The summed E-state index contributed by atoms with van der Waals surface area (Å²) in [5.74, 6) is 4.42. The molecule has 16 heavy (non-hydrogen) atoms. The zero-order valence-corrected chi connectivity index (χ0v) is 18.8. The van der Waals surface area contributed by atoms with Crippen LogP contribution in [0.15, 0.2) is 5.10 Å². The summed E-state index contributed by atoms with van der Waals surface area (Å²) in [5, 5.41) is 2.86. The summed E-state index contributed by atoms with van der Waals surface area (Å²) in [6.07, 6.45) is 0. The molecule has 0 bridgehead atoms. The average molecular weight is 428 g/mol. The molecule has 0 aliphatic heterocycles. The zero-order chi connectivity index (χ0) is 11.4. The van der Waals surface area contributed by atoms with Gasteiger partial charge in [-0.25, -0.2) is 0 Å². The molecule has 6 N–H and O–H groups in total. The fourth-order valence-corrected chi connectivity index (χ4v) is 0. The van der Waals surface area contributed by atoms with Gasteiger partial charge >= 0.3 is 58.4 Å². The molecule has 0 saturated heterocycles. The van der Waals surface area contributed by atoms with E-state index in [4.69, 9.17) is 40.8 Å². The monoisotopic (exact) mass is 424 g/mol. The van der Waals surface area contributed by atoms with Gasteiger partial charge in [-0.1, -0.05) is 0 Å². The molecule has 0 heterocycles. The molecule has 0 amide bonds. The maximum absolute atomic E-state index is 8.48. The third-order valence-corrected chi connectivity index (χ3v) is 0.149. The molecule has 0 atom stereocenters. The molecule has 0 saturated carbocycles. The second-order valence-corrected chi connectivity index (χ2v) is 1.90. The molecule has 0 rings (SSSR count). The van der Waals surface area contributed by atoms with Crippen LogP contribution in [0.25, 0.3) is 0 Å². The van der Waals surface area contributed by atoms with Gasteiger partial charge in [-0.2, -0.15) is 0 Å². The molecular weight excluding hydrogens is 422 g/mol. The van der Waals surface area contributed by atoms with Crippen molar-refractivity contribution in [2.24, 2.45) is 22.4 Å². The van der Waals surface area contributed by atoms with Crippen LogP contribution in [-0.2, 0) is 58.4 Å². The fraction of sp³-hybridized carbons (Fsp3) is 0. The van der Waals surface area contributed by atoms with Crippen LogP contribution in [0.3, 0.4) is 0 Å². The van der Waals surface area contributed by atoms with Crippen molar-refractivity contribution in [1.29, 1.82) is 0 Å². The van der Waals surface area contributed by atoms with E-state index in [0.29, 0.717) is 0 Å². The molecule has 0 aromatic heterocycles. The minimum Gasteiger partial charge on any atom is -0.854 e. The molecule has 0 aromatic carbocycles. The van der Waals surface area contributed by atoms with Crippen LogP contribution in [0.5, 0.6) is 0 Å². The van der Waals surface area contributed by atoms with Gasteiger partial charge in [0, 0.05) is 0 Å². The Kier molecular flexibility index (Phi) is 67.6. The van der Waals surface area contributed by atoms with Crippen LogP contribution >= 0.6 is 17.2 Å². The van der Waals surface area contributed by atoms with E-state index in [1.54, 1.807) is 0 Å². The van der Waals surface area contributed by atoms with Crippen LogP contribution in [0.1, 0.15) is 0 Å². The largest absolute Gasteiger partial charge is 2.00 e. The molecule has 0 unspecified atom stereocenters. The Morgan fingerprint density at radius 3 is 0.812 bits per heavy atom. The van der Waals surface area contributed by atoms with Gasteiger partial charge in [0.1, 0.15) is 0 Å². The van der Waals surface area contributed by atoms with Crippen molar-refractivity contribution in [3.05, 3.63) is 0 Å². The van der Waals surface area contributed by atoms with Gasteiger partial charge in [0.15, 0.2) is 0 Å². The maximum Gasteiger partial charge on any atom is 2.00 e. The summed E-state index contributed by atoms with van der Waals surface area (Å²) < 4.78 is 0. The third-order valence-electron chi connectivity index (χ3n) is 0.149. The van der Waals surface area contributed by atoms with Crippen LogP contribution in [0.4, 0.5) is 0 Å². The van der Waals surface area contributed by atoms with Gasteiger partial charge in [0.25, 0.3) is 0 Å². The van der Waals surface area contributed by atoms with E-state index in [-0.39, 0.29) is 64.4 Å². The van der Waals surface area contributed by atoms with E-state index in [9.17, 15) is 0 Å². The molecular formula is CH6N4O6P2Zn3. The number of nitrogens with zero attached hydrogens (tertiary/aromatic N) is 1. The number of hydrogen-bond donors (Lipinski definition) is 3. The molecule has 0 fully saturated rings. The van der Waals surface area contributed by atoms with E-state index >= 15 is 0 Å². The average Bonchev–Trinajstić information content (AvgIpc) is 1.84. The Labute approximate surface area is 133 Å². The van der Waals surface area contributed by atoms with Crippen LogP contribution in [-0.4, -0.2) is 5.96 Å². The van der Waals surface area contributed by atoms with Crippen molar-refractivity contribution in [3.63, 3.8) is 0 Å². The first kappa shape index (κ1) is 36.0. The van der Waals surface area contributed by atoms with Gasteiger partial charge < -0.3 is 63.9 Å². The first-order valence-electron chi connectivity index (χ1n) is 2.15. The predicted molar refractivity (Wildman–Crippen MR) is 33.8 cm³/mol. The van der Waals surface area contributed by atoms with E-state index < -0.39 is 17.2 Å². The molecule has 0 aliphatic carbocycles. The van der Waals surface area contributed by atoms with Gasteiger partial charge in [0.05, 0.1) is 0 Å². The molecule has 0 aliphatic rings. The van der Waals surface area contributed by atoms with E-state index in [2.05, 4.69) is 10.9 Å².